The van der Waals surface area contributed by atoms with E-state index in [0.717, 1.165) is 0 Å². The number of anilines is 1. The van der Waals surface area contributed by atoms with Crippen molar-refractivity contribution < 1.29 is 0 Å². The molecule has 1 heterocycles. The number of nitrogen functional groups attached to an aromatic ring is 1. The first-order valence-electron chi connectivity index (χ1n) is 3.41. The Morgan fingerprint density at radius 2 is 1.91 bits per heavy atom. The van der Waals surface area contributed by atoms with Crippen LogP contribution in [-0.2, 0) is 0 Å². The van der Waals surface area contributed by atoms with Gasteiger partial charge in [0.15, 0.2) is 0 Å². The van der Waals surface area contributed by atoms with E-state index in [0.29, 0.717) is 5.82 Å². The van der Waals surface area contributed by atoms with Crippen LogP contribution in [0.2, 0.25) is 0 Å². The van der Waals surface area contributed by atoms with E-state index in [2.05, 4.69) is 30.7 Å². The van der Waals surface area contributed by atoms with Gasteiger partial charge in [0, 0.05) is 6.20 Å². The van der Waals surface area contributed by atoms with Gasteiger partial charge in [-0.1, -0.05) is 20.8 Å². The average molecular weight is 152 g/mol. The van der Waals surface area contributed by atoms with Gasteiger partial charge < -0.3 is 5.73 Å². The maximum absolute atomic E-state index is 5.21. The van der Waals surface area contributed by atoms with E-state index in [1.165, 1.54) is 12.2 Å². The van der Waals surface area contributed by atoms with E-state index in [1.54, 1.807) is 12.3 Å². The second-order valence-electron chi connectivity index (χ2n) is 2.63. The number of nitrogens with zero attached hydrogens (tertiary/aromatic N) is 2. The van der Waals surface area contributed by atoms with Crippen LogP contribution in [0.1, 0.15) is 20.8 Å². The van der Waals surface area contributed by atoms with Gasteiger partial charge in [-0.2, -0.15) is 0 Å². The van der Waals surface area contributed by atoms with Crippen molar-refractivity contribution in [2.24, 2.45) is 0 Å². The molecule has 0 saturated carbocycles. The largest absolute Gasteiger partial charge is 0.384 e. The summed E-state index contributed by atoms with van der Waals surface area (Å²) in [4.78, 5) is 7.30. The number of hydrogen-bond donors (Lipinski definition) is 1. The summed E-state index contributed by atoms with van der Waals surface area (Å²) < 4.78 is 0. The highest BCUT2D eigenvalue weighted by Crippen LogP contribution is 1.86. The molecule has 0 fully saturated rings. The lowest BCUT2D eigenvalue weighted by Crippen LogP contribution is -1.87. The Balaban J connectivity index is 0.000000218. The molecule has 0 spiro atoms. The van der Waals surface area contributed by atoms with Crippen LogP contribution in [-0.4, -0.2) is 9.97 Å². The highest BCUT2D eigenvalue weighted by Gasteiger charge is 1.74. The van der Waals surface area contributed by atoms with Crippen LogP contribution in [0.15, 0.2) is 18.6 Å². The first-order valence-corrected chi connectivity index (χ1v) is 3.41. The minimum Gasteiger partial charge on any atom is -0.384 e. The highest BCUT2D eigenvalue weighted by molar-refractivity contribution is 5.22. The van der Waals surface area contributed by atoms with Crippen LogP contribution in [0.25, 0.3) is 0 Å². The van der Waals surface area contributed by atoms with Crippen molar-refractivity contribution in [1.82, 2.24) is 9.97 Å². The SMILES string of the molecule is C[C](C)C.Nc1ccncn1. The lowest BCUT2D eigenvalue weighted by molar-refractivity contribution is 1.10. The summed E-state index contributed by atoms with van der Waals surface area (Å²) >= 11 is 0. The summed E-state index contributed by atoms with van der Waals surface area (Å²) in [5, 5.41) is 0. The predicted molar refractivity (Wildman–Crippen MR) is 46.7 cm³/mol. The third-order valence-electron chi connectivity index (χ3n) is 0.605. The van der Waals surface area contributed by atoms with Crippen molar-refractivity contribution in [1.29, 1.82) is 0 Å². The first-order chi connectivity index (χ1) is 5.13. The molecule has 11 heavy (non-hydrogen) atoms. The molecule has 0 amide bonds. The Hall–Kier alpha value is -1.12. The quantitative estimate of drug-likeness (QED) is 0.615. The fourth-order valence-corrected chi connectivity index (χ4v) is 0.301. The molecule has 3 heteroatoms. The molecule has 0 atom stereocenters. The summed E-state index contributed by atoms with van der Waals surface area (Å²) in [6, 6.07) is 1.64. The zero-order valence-corrected chi connectivity index (χ0v) is 7.20. The molecular formula is C8H14N3. The molecular weight excluding hydrogens is 138 g/mol. The average Bonchev–Trinajstić information content (AvgIpc) is 1.87. The van der Waals surface area contributed by atoms with Gasteiger partial charge in [0.25, 0.3) is 0 Å². The molecule has 0 aliphatic carbocycles. The van der Waals surface area contributed by atoms with Crippen LogP contribution < -0.4 is 5.73 Å². The summed E-state index contributed by atoms with van der Waals surface area (Å²) in [6.07, 6.45) is 3.01. The second kappa shape index (κ2) is 5.65. The number of rotatable bonds is 0. The highest BCUT2D eigenvalue weighted by atomic mass is 14.9. The lowest BCUT2D eigenvalue weighted by atomic mass is 10.3. The van der Waals surface area contributed by atoms with Gasteiger partial charge >= 0.3 is 0 Å². The molecule has 61 valence electrons. The van der Waals surface area contributed by atoms with Crippen LogP contribution in [0.3, 0.4) is 0 Å². The van der Waals surface area contributed by atoms with Crippen LogP contribution >= 0.6 is 0 Å². The van der Waals surface area contributed by atoms with Crippen molar-refractivity contribution in [2.75, 3.05) is 5.73 Å². The Labute approximate surface area is 67.7 Å². The van der Waals surface area contributed by atoms with Crippen molar-refractivity contribution in [3.63, 3.8) is 0 Å². The van der Waals surface area contributed by atoms with Crippen molar-refractivity contribution >= 4 is 5.82 Å². The van der Waals surface area contributed by atoms with Gasteiger partial charge in [-0.3, -0.25) is 0 Å². The lowest BCUT2D eigenvalue weighted by Gasteiger charge is -1.82. The fraction of sp³-hybridized carbons (Fsp3) is 0.375. The zero-order valence-electron chi connectivity index (χ0n) is 7.20. The van der Waals surface area contributed by atoms with Crippen molar-refractivity contribution in [3.05, 3.63) is 24.5 Å². The topological polar surface area (TPSA) is 51.8 Å². The molecule has 0 unspecified atom stereocenters. The van der Waals surface area contributed by atoms with E-state index in [4.69, 9.17) is 5.73 Å². The van der Waals surface area contributed by atoms with Gasteiger partial charge in [0.2, 0.25) is 0 Å². The van der Waals surface area contributed by atoms with Gasteiger partial charge in [-0.05, 0) is 12.0 Å². The Bertz CT molecular complexity index is 169. The molecule has 0 aromatic carbocycles. The number of aromatic nitrogens is 2. The maximum atomic E-state index is 5.21. The van der Waals surface area contributed by atoms with Crippen LogP contribution in [0.4, 0.5) is 5.82 Å². The van der Waals surface area contributed by atoms with Gasteiger partial charge in [-0.15, -0.1) is 0 Å². The number of nitrogens with two attached hydrogens (primary N) is 1. The molecule has 0 aliphatic rings. The Morgan fingerprint density at radius 1 is 1.36 bits per heavy atom. The van der Waals surface area contributed by atoms with E-state index in [-0.39, 0.29) is 0 Å². The van der Waals surface area contributed by atoms with E-state index in [9.17, 15) is 0 Å². The zero-order chi connectivity index (χ0) is 8.69. The summed E-state index contributed by atoms with van der Waals surface area (Å²) in [6.45, 7) is 6.25. The summed E-state index contributed by atoms with van der Waals surface area (Å²) in [5.41, 5.74) is 5.21. The van der Waals surface area contributed by atoms with Crippen molar-refractivity contribution in [3.8, 4) is 0 Å². The van der Waals surface area contributed by atoms with Gasteiger partial charge in [0.1, 0.15) is 12.1 Å². The molecule has 1 radical (unpaired) electrons. The normalized spacial score (nSPS) is 8.73. The Kier molecular flexibility index (Phi) is 5.07. The second-order valence-corrected chi connectivity index (χ2v) is 2.63. The number of hydrogen-bond acceptors (Lipinski definition) is 3. The minimum atomic E-state index is 0.509. The van der Waals surface area contributed by atoms with Crippen LogP contribution in [0, 0.1) is 5.92 Å². The standard InChI is InChI=1S/C4H5N3.C4H9/c5-4-1-2-6-3-7-4;1-4(2)3/h1-3H,(H2,5,6,7);1-3H3. The molecule has 0 aliphatic heterocycles. The molecule has 1 aromatic heterocycles. The molecule has 0 saturated heterocycles. The van der Waals surface area contributed by atoms with E-state index in [1.807, 2.05) is 0 Å². The summed E-state index contributed by atoms with van der Waals surface area (Å²) in [7, 11) is 0. The molecule has 2 N–H and O–H groups in total. The maximum Gasteiger partial charge on any atom is 0.126 e. The minimum absolute atomic E-state index is 0.509. The molecule has 1 rings (SSSR count). The third-order valence-corrected chi connectivity index (χ3v) is 0.605. The third kappa shape index (κ3) is 8.88. The van der Waals surface area contributed by atoms with E-state index < -0.39 is 0 Å². The van der Waals surface area contributed by atoms with Gasteiger partial charge in [-0.25, -0.2) is 9.97 Å². The van der Waals surface area contributed by atoms with Crippen LogP contribution in [0.5, 0.6) is 0 Å². The fourth-order valence-electron chi connectivity index (χ4n) is 0.301. The Morgan fingerprint density at radius 3 is 2.09 bits per heavy atom. The predicted octanol–water partition coefficient (Wildman–Crippen LogP) is 1.68. The molecule has 0 bridgehead atoms. The van der Waals surface area contributed by atoms with E-state index >= 15 is 0 Å². The summed E-state index contributed by atoms with van der Waals surface area (Å²) in [5.74, 6) is 1.93. The molecule has 3 nitrogen and oxygen atoms in total. The first kappa shape index (κ1) is 9.88. The van der Waals surface area contributed by atoms with Gasteiger partial charge in [0.05, 0.1) is 0 Å². The van der Waals surface area contributed by atoms with Crippen molar-refractivity contribution in [2.45, 2.75) is 20.8 Å². The molecule has 1 aromatic rings. The smallest absolute Gasteiger partial charge is 0.126 e. The monoisotopic (exact) mass is 152 g/mol.